The average molecular weight is 289 g/mol. The van der Waals surface area contributed by atoms with E-state index >= 15 is 0 Å². The average Bonchev–Trinajstić information content (AvgIpc) is 2.66. The van der Waals surface area contributed by atoms with Gasteiger partial charge in [-0.15, -0.1) is 0 Å². The molecule has 0 N–H and O–H groups in total. The van der Waals surface area contributed by atoms with Gasteiger partial charge in [-0.25, -0.2) is 0 Å². The molecule has 0 saturated carbocycles. The molecule has 1 amide bonds. The molecule has 1 heterocycles. The van der Waals surface area contributed by atoms with E-state index in [0.717, 1.165) is 25.8 Å². The number of amides is 1. The summed E-state index contributed by atoms with van der Waals surface area (Å²) in [7, 11) is 1.65. The van der Waals surface area contributed by atoms with Crippen LogP contribution < -0.4 is 0 Å². The lowest BCUT2D eigenvalue weighted by atomic mass is 10.2. The van der Waals surface area contributed by atoms with Gasteiger partial charge < -0.3 is 23.8 Å². The van der Waals surface area contributed by atoms with E-state index in [1.165, 1.54) is 0 Å². The zero-order chi connectivity index (χ0) is 14.5. The van der Waals surface area contributed by atoms with Crippen LogP contribution >= 0.6 is 0 Å². The monoisotopic (exact) mass is 289 g/mol. The lowest BCUT2D eigenvalue weighted by Gasteiger charge is -2.20. The van der Waals surface area contributed by atoms with Crippen LogP contribution in [0.5, 0.6) is 0 Å². The Morgan fingerprint density at radius 2 is 1.55 bits per heavy atom. The molecule has 0 aromatic rings. The van der Waals surface area contributed by atoms with E-state index < -0.39 is 0 Å². The van der Waals surface area contributed by atoms with Gasteiger partial charge in [0.05, 0.1) is 39.6 Å². The molecule has 1 aliphatic rings. The van der Waals surface area contributed by atoms with Crippen LogP contribution in [0.3, 0.4) is 0 Å². The molecule has 1 fully saturated rings. The number of likely N-dealkylation sites (tertiary alicyclic amines) is 1. The Morgan fingerprint density at radius 1 is 0.900 bits per heavy atom. The molecule has 0 unspecified atom stereocenters. The molecule has 6 nitrogen and oxygen atoms in total. The van der Waals surface area contributed by atoms with Crippen molar-refractivity contribution < 1.29 is 23.7 Å². The van der Waals surface area contributed by atoms with E-state index in [2.05, 4.69) is 0 Å². The SMILES string of the molecule is COCCOCCOCCOCN1CCCCCC1=O. The van der Waals surface area contributed by atoms with Crippen molar-refractivity contribution in [3.05, 3.63) is 0 Å². The minimum atomic E-state index is 0.204. The predicted octanol–water partition coefficient (Wildman–Crippen LogP) is 1.04. The predicted molar refractivity (Wildman–Crippen MR) is 74.5 cm³/mol. The fraction of sp³-hybridized carbons (Fsp3) is 0.929. The van der Waals surface area contributed by atoms with E-state index in [9.17, 15) is 4.79 Å². The zero-order valence-electron chi connectivity index (χ0n) is 12.5. The van der Waals surface area contributed by atoms with Crippen molar-refractivity contribution in [1.82, 2.24) is 4.90 Å². The van der Waals surface area contributed by atoms with Crippen LogP contribution in [0.15, 0.2) is 0 Å². The lowest BCUT2D eigenvalue weighted by molar-refractivity contribution is -0.136. The molecule has 20 heavy (non-hydrogen) atoms. The Balaban J connectivity index is 1.87. The summed E-state index contributed by atoms with van der Waals surface area (Å²) in [5.41, 5.74) is 0. The number of nitrogens with zero attached hydrogens (tertiary/aromatic N) is 1. The van der Waals surface area contributed by atoms with Gasteiger partial charge in [0.25, 0.3) is 0 Å². The fourth-order valence-corrected chi connectivity index (χ4v) is 1.93. The quantitative estimate of drug-likeness (QED) is 0.532. The van der Waals surface area contributed by atoms with Gasteiger partial charge in [-0.2, -0.15) is 0 Å². The Labute approximate surface area is 121 Å². The third kappa shape index (κ3) is 8.47. The third-order valence-corrected chi connectivity index (χ3v) is 3.09. The minimum absolute atomic E-state index is 0.204. The maximum Gasteiger partial charge on any atom is 0.224 e. The van der Waals surface area contributed by atoms with Crippen LogP contribution in [0.2, 0.25) is 0 Å². The minimum Gasteiger partial charge on any atom is -0.382 e. The number of rotatable bonds is 11. The normalized spacial score (nSPS) is 16.4. The summed E-state index contributed by atoms with van der Waals surface area (Å²) in [6.07, 6.45) is 3.86. The Kier molecular flexibility index (Phi) is 10.5. The third-order valence-electron chi connectivity index (χ3n) is 3.09. The first-order valence-corrected chi connectivity index (χ1v) is 7.34. The summed E-state index contributed by atoms with van der Waals surface area (Å²) in [6, 6.07) is 0. The van der Waals surface area contributed by atoms with E-state index in [-0.39, 0.29) is 5.91 Å². The molecule has 0 aromatic heterocycles. The highest BCUT2D eigenvalue weighted by atomic mass is 16.6. The molecule has 0 aromatic carbocycles. The van der Waals surface area contributed by atoms with Gasteiger partial charge in [0.2, 0.25) is 5.91 Å². The molecule has 1 aliphatic heterocycles. The summed E-state index contributed by atoms with van der Waals surface area (Å²) in [4.78, 5) is 13.5. The largest absolute Gasteiger partial charge is 0.382 e. The van der Waals surface area contributed by atoms with Gasteiger partial charge in [-0.05, 0) is 12.8 Å². The van der Waals surface area contributed by atoms with E-state index in [0.29, 0.717) is 52.8 Å². The first kappa shape index (κ1) is 17.4. The summed E-state index contributed by atoms with van der Waals surface area (Å²) in [5, 5.41) is 0. The van der Waals surface area contributed by atoms with Gasteiger partial charge in [-0.3, -0.25) is 4.79 Å². The Hall–Kier alpha value is -0.690. The maximum atomic E-state index is 11.7. The Morgan fingerprint density at radius 3 is 2.25 bits per heavy atom. The number of hydrogen-bond acceptors (Lipinski definition) is 5. The highest BCUT2D eigenvalue weighted by Gasteiger charge is 2.15. The summed E-state index contributed by atoms with van der Waals surface area (Å²) >= 11 is 0. The van der Waals surface area contributed by atoms with Crippen LogP contribution in [0, 0.1) is 0 Å². The second-order valence-corrected chi connectivity index (χ2v) is 4.72. The van der Waals surface area contributed by atoms with Crippen LogP contribution in [0.1, 0.15) is 25.7 Å². The van der Waals surface area contributed by atoms with Crippen LogP contribution in [0.4, 0.5) is 0 Å². The molecule has 0 bridgehead atoms. The molecular formula is C14H27NO5. The first-order chi connectivity index (χ1) is 9.84. The van der Waals surface area contributed by atoms with Crippen LogP contribution in [0.25, 0.3) is 0 Å². The summed E-state index contributed by atoms with van der Waals surface area (Å²) in [5.74, 6) is 0.204. The highest BCUT2D eigenvalue weighted by Crippen LogP contribution is 2.10. The number of carbonyl (C=O) groups is 1. The summed E-state index contributed by atoms with van der Waals surface area (Å²) < 4.78 is 20.9. The maximum absolute atomic E-state index is 11.7. The molecule has 0 spiro atoms. The van der Waals surface area contributed by atoms with Gasteiger partial charge in [0.1, 0.15) is 6.73 Å². The van der Waals surface area contributed by atoms with Crippen molar-refractivity contribution in [2.24, 2.45) is 0 Å². The van der Waals surface area contributed by atoms with Crippen molar-refractivity contribution in [2.75, 3.05) is 60.0 Å². The van der Waals surface area contributed by atoms with Crippen molar-refractivity contribution in [2.45, 2.75) is 25.7 Å². The molecule has 1 rings (SSSR count). The van der Waals surface area contributed by atoms with Crippen molar-refractivity contribution in [1.29, 1.82) is 0 Å². The molecule has 118 valence electrons. The second kappa shape index (κ2) is 12.1. The molecule has 0 radical (unpaired) electrons. The van der Waals surface area contributed by atoms with Crippen molar-refractivity contribution >= 4 is 5.91 Å². The molecule has 6 heteroatoms. The number of carbonyl (C=O) groups excluding carboxylic acids is 1. The number of ether oxygens (including phenoxy) is 4. The van der Waals surface area contributed by atoms with Gasteiger partial charge in [0.15, 0.2) is 0 Å². The standard InChI is InChI=1S/C14H27NO5/c1-17-7-8-18-9-10-19-11-12-20-13-15-6-4-2-3-5-14(15)16/h2-13H2,1H3. The first-order valence-electron chi connectivity index (χ1n) is 7.34. The van der Waals surface area contributed by atoms with E-state index in [4.69, 9.17) is 18.9 Å². The lowest BCUT2D eigenvalue weighted by Crippen LogP contribution is -2.33. The zero-order valence-corrected chi connectivity index (χ0v) is 12.5. The van der Waals surface area contributed by atoms with Crippen molar-refractivity contribution in [3.8, 4) is 0 Å². The topological polar surface area (TPSA) is 57.2 Å². The van der Waals surface area contributed by atoms with Crippen LogP contribution in [-0.4, -0.2) is 70.8 Å². The number of methoxy groups -OCH3 is 1. The smallest absolute Gasteiger partial charge is 0.224 e. The Bertz CT molecular complexity index is 250. The van der Waals surface area contributed by atoms with Gasteiger partial charge in [0, 0.05) is 20.1 Å². The van der Waals surface area contributed by atoms with Gasteiger partial charge >= 0.3 is 0 Å². The molecular weight excluding hydrogens is 262 g/mol. The van der Waals surface area contributed by atoms with E-state index in [1.807, 2.05) is 0 Å². The van der Waals surface area contributed by atoms with E-state index in [1.54, 1.807) is 12.0 Å². The van der Waals surface area contributed by atoms with Gasteiger partial charge in [-0.1, -0.05) is 6.42 Å². The summed E-state index contributed by atoms with van der Waals surface area (Å²) in [6.45, 7) is 4.53. The van der Waals surface area contributed by atoms with Crippen molar-refractivity contribution in [3.63, 3.8) is 0 Å². The number of hydrogen-bond donors (Lipinski definition) is 0. The highest BCUT2D eigenvalue weighted by molar-refractivity contribution is 5.76. The van der Waals surface area contributed by atoms with Crippen LogP contribution in [-0.2, 0) is 23.7 Å². The fourth-order valence-electron chi connectivity index (χ4n) is 1.93. The second-order valence-electron chi connectivity index (χ2n) is 4.72. The molecule has 0 aliphatic carbocycles. The molecule has 1 saturated heterocycles. The molecule has 0 atom stereocenters.